The van der Waals surface area contributed by atoms with Gasteiger partial charge in [0.05, 0.1) is 5.92 Å². The van der Waals surface area contributed by atoms with E-state index in [4.69, 9.17) is 5.73 Å². The number of rotatable bonds is 2. The Bertz CT molecular complexity index is 334. The minimum Gasteiger partial charge on any atom is -0.370 e. The Morgan fingerprint density at radius 1 is 1.25 bits per heavy atom. The van der Waals surface area contributed by atoms with E-state index in [1.807, 2.05) is 0 Å². The third-order valence-corrected chi connectivity index (χ3v) is 4.21. The number of hydrogen-bond donors (Lipinski definition) is 2. The Kier molecular flexibility index (Phi) is 6.36. The first-order valence-electron chi connectivity index (χ1n) is 6.69. The molecule has 8 heteroatoms. The number of piperidine rings is 1. The molecule has 1 saturated carbocycles. The van der Waals surface area contributed by atoms with Gasteiger partial charge in [0, 0.05) is 19.1 Å². The number of halogens is 4. The molecule has 118 valence electrons. The summed E-state index contributed by atoms with van der Waals surface area (Å²) in [7, 11) is 1.63. The fourth-order valence-corrected chi connectivity index (χ4v) is 2.87. The zero-order valence-electron chi connectivity index (χ0n) is 11.5. The van der Waals surface area contributed by atoms with Gasteiger partial charge in [-0.25, -0.2) is 0 Å². The summed E-state index contributed by atoms with van der Waals surface area (Å²) in [5.74, 6) is -0.681. The van der Waals surface area contributed by atoms with Crippen molar-refractivity contribution in [2.24, 2.45) is 16.6 Å². The van der Waals surface area contributed by atoms with Crippen molar-refractivity contribution < 1.29 is 13.2 Å². The first-order valence-corrected chi connectivity index (χ1v) is 6.69. The second-order valence-electron chi connectivity index (χ2n) is 5.43. The molecule has 0 aromatic rings. The fourth-order valence-electron chi connectivity index (χ4n) is 2.87. The van der Waals surface area contributed by atoms with Crippen molar-refractivity contribution in [2.45, 2.75) is 43.9 Å². The molecular formula is C12H22F3IN4. The predicted octanol–water partition coefficient (Wildman–Crippen LogP) is 1.94. The lowest BCUT2D eigenvalue weighted by Gasteiger charge is -2.46. The molecule has 1 aliphatic heterocycles. The summed E-state index contributed by atoms with van der Waals surface area (Å²) in [5.41, 5.74) is 5.57. The second kappa shape index (κ2) is 7.15. The average Bonchev–Trinajstić information content (AvgIpc) is 2.32. The van der Waals surface area contributed by atoms with Crippen molar-refractivity contribution >= 4 is 29.9 Å². The lowest BCUT2D eigenvalue weighted by atomic mass is 9.83. The summed E-state index contributed by atoms with van der Waals surface area (Å²) in [6.07, 6.45) is -1.69. The molecule has 0 aromatic carbocycles. The van der Waals surface area contributed by atoms with Gasteiger partial charge in [-0.3, -0.25) is 4.99 Å². The summed E-state index contributed by atoms with van der Waals surface area (Å²) in [6.45, 7) is 1.11. The first-order chi connectivity index (χ1) is 8.90. The van der Waals surface area contributed by atoms with E-state index in [2.05, 4.69) is 15.2 Å². The van der Waals surface area contributed by atoms with Crippen LogP contribution in [0.2, 0.25) is 0 Å². The molecule has 0 unspecified atom stereocenters. The molecule has 0 atom stereocenters. The molecule has 2 rings (SSSR count). The Hall–Kier alpha value is -0.250. The molecule has 0 aromatic heterocycles. The van der Waals surface area contributed by atoms with Crippen LogP contribution >= 0.6 is 24.0 Å². The summed E-state index contributed by atoms with van der Waals surface area (Å²) < 4.78 is 37.7. The van der Waals surface area contributed by atoms with Gasteiger partial charge in [-0.2, -0.15) is 13.2 Å². The number of likely N-dealkylation sites (tertiary alicyclic amines) is 1. The average molecular weight is 406 g/mol. The molecule has 0 amide bonds. The molecule has 0 spiro atoms. The highest BCUT2D eigenvalue weighted by Gasteiger charge is 2.43. The largest absolute Gasteiger partial charge is 0.391 e. The lowest BCUT2D eigenvalue weighted by Crippen LogP contribution is -2.57. The molecule has 1 aliphatic carbocycles. The van der Waals surface area contributed by atoms with Crippen LogP contribution < -0.4 is 11.1 Å². The standard InChI is InChI=1S/C12H21F3N4.HI/c1-17-11(16)18-9-6-10(7-9)19-4-2-8(3-5-19)12(13,14)15;/h8-10H,2-7H2,1H3,(H3,16,17,18);1H. The fraction of sp³-hybridized carbons (Fsp3) is 0.917. The van der Waals surface area contributed by atoms with E-state index < -0.39 is 12.1 Å². The summed E-state index contributed by atoms with van der Waals surface area (Å²) >= 11 is 0. The lowest BCUT2D eigenvalue weighted by molar-refractivity contribution is -0.187. The van der Waals surface area contributed by atoms with Crippen LogP contribution in [0.1, 0.15) is 25.7 Å². The van der Waals surface area contributed by atoms with Crippen molar-refractivity contribution in [1.82, 2.24) is 10.2 Å². The third-order valence-electron chi connectivity index (χ3n) is 4.21. The molecular weight excluding hydrogens is 384 g/mol. The van der Waals surface area contributed by atoms with Gasteiger partial charge in [0.1, 0.15) is 0 Å². The van der Waals surface area contributed by atoms with Crippen molar-refractivity contribution in [1.29, 1.82) is 0 Å². The molecule has 1 saturated heterocycles. The van der Waals surface area contributed by atoms with Gasteiger partial charge in [0.25, 0.3) is 0 Å². The van der Waals surface area contributed by atoms with Gasteiger partial charge in [-0.05, 0) is 38.8 Å². The Morgan fingerprint density at radius 2 is 1.80 bits per heavy atom. The molecule has 20 heavy (non-hydrogen) atoms. The van der Waals surface area contributed by atoms with E-state index in [0.717, 1.165) is 12.8 Å². The van der Waals surface area contributed by atoms with E-state index in [1.54, 1.807) is 7.05 Å². The van der Waals surface area contributed by atoms with Crippen molar-refractivity contribution in [3.8, 4) is 0 Å². The van der Waals surface area contributed by atoms with E-state index in [-0.39, 0.29) is 36.8 Å². The quantitative estimate of drug-likeness (QED) is 0.419. The van der Waals surface area contributed by atoms with Gasteiger partial charge in [-0.15, -0.1) is 24.0 Å². The predicted molar refractivity (Wildman–Crippen MR) is 83.3 cm³/mol. The van der Waals surface area contributed by atoms with Gasteiger partial charge >= 0.3 is 6.18 Å². The van der Waals surface area contributed by atoms with Gasteiger partial charge in [0.15, 0.2) is 5.96 Å². The number of nitrogens with two attached hydrogens (primary N) is 1. The number of guanidine groups is 1. The summed E-state index contributed by atoms with van der Waals surface area (Å²) in [4.78, 5) is 6.01. The van der Waals surface area contributed by atoms with Crippen molar-refractivity contribution in [3.63, 3.8) is 0 Å². The van der Waals surface area contributed by atoms with Crippen LogP contribution in [0.25, 0.3) is 0 Å². The number of nitrogens with one attached hydrogen (secondary N) is 1. The van der Waals surface area contributed by atoms with Crippen LogP contribution in [-0.4, -0.2) is 49.3 Å². The van der Waals surface area contributed by atoms with E-state index in [1.165, 1.54) is 0 Å². The van der Waals surface area contributed by atoms with Gasteiger partial charge in [0.2, 0.25) is 0 Å². The van der Waals surface area contributed by atoms with Crippen LogP contribution in [0, 0.1) is 5.92 Å². The van der Waals surface area contributed by atoms with Gasteiger partial charge in [-0.1, -0.05) is 0 Å². The minimum atomic E-state index is -4.03. The topological polar surface area (TPSA) is 53.6 Å². The van der Waals surface area contributed by atoms with Crippen LogP contribution in [0.5, 0.6) is 0 Å². The molecule has 1 heterocycles. The maximum Gasteiger partial charge on any atom is 0.391 e. The number of hydrogen-bond acceptors (Lipinski definition) is 2. The van der Waals surface area contributed by atoms with Crippen molar-refractivity contribution in [3.05, 3.63) is 0 Å². The summed E-state index contributed by atoms with van der Waals surface area (Å²) in [6, 6.07) is 0.713. The maximum atomic E-state index is 12.6. The van der Waals surface area contributed by atoms with Crippen LogP contribution in [0.3, 0.4) is 0 Å². The SMILES string of the molecule is CN=C(N)NC1CC(N2CCC(C(F)(F)F)CC2)C1.I. The molecule has 3 N–H and O–H groups in total. The first kappa shape index (κ1) is 17.8. The highest BCUT2D eigenvalue weighted by molar-refractivity contribution is 14.0. The number of aliphatic imine (C=N–C) groups is 1. The Labute approximate surface area is 134 Å². The molecule has 0 bridgehead atoms. The smallest absolute Gasteiger partial charge is 0.370 e. The highest BCUT2D eigenvalue weighted by Crippen LogP contribution is 2.36. The normalized spacial score (nSPS) is 29.5. The van der Waals surface area contributed by atoms with Crippen LogP contribution in [-0.2, 0) is 0 Å². The Balaban J connectivity index is 0.00000200. The van der Waals surface area contributed by atoms with Crippen LogP contribution in [0.4, 0.5) is 13.2 Å². The molecule has 2 aliphatic rings. The monoisotopic (exact) mass is 406 g/mol. The van der Waals surface area contributed by atoms with E-state index >= 15 is 0 Å². The maximum absolute atomic E-state index is 12.6. The number of alkyl halides is 3. The minimum absolute atomic E-state index is 0. The van der Waals surface area contributed by atoms with Gasteiger partial charge < -0.3 is 16.0 Å². The highest BCUT2D eigenvalue weighted by atomic mass is 127. The second-order valence-corrected chi connectivity index (χ2v) is 5.43. The van der Waals surface area contributed by atoms with Crippen LogP contribution in [0.15, 0.2) is 4.99 Å². The zero-order chi connectivity index (χ0) is 14.0. The number of nitrogens with zero attached hydrogens (tertiary/aromatic N) is 2. The Morgan fingerprint density at radius 3 is 2.25 bits per heavy atom. The molecule has 2 fully saturated rings. The summed E-state index contributed by atoms with van der Waals surface area (Å²) in [5, 5.41) is 3.09. The third kappa shape index (κ3) is 4.37. The molecule has 4 nitrogen and oxygen atoms in total. The zero-order valence-corrected chi connectivity index (χ0v) is 13.8. The van der Waals surface area contributed by atoms with Crippen molar-refractivity contribution in [2.75, 3.05) is 20.1 Å². The molecule has 0 radical (unpaired) electrons. The van der Waals surface area contributed by atoms with E-state index in [9.17, 15) is 13.2 Å². The van der Waals surface area contributed by atoms with E-state index in [0.29, 0.717) is 31.1 Å².